The molecule has 0 aliphatic heterocycles. The number of hydrogen-bond donors (Lipinski definition) is 0. The van der Waals surface area contributed by atoms with E-state index in [0.29, 0.717) is 17.4 Å². The summed E-state index contributed by atoms with van der Waals surface area (Å²) in [7, 11) is -1.34. The van der Waals surface area contributed by atoms with Crippen molar-refractivity contribution < 1.29 is 14.6 Å². The van der Waals surface area contributed by atoms with Gasteiger partial charge in [0.2, 0.25) is 0 Å². The second-order valence-corrected chi connectivity index (χ2v) is 12.5. The van der Waals surface area contributed by atoms with Crippen LogP contribution in [-0.4, -0.2) is 14.0 Å². The lowest BCUT2D eigenvalue weighted by Gasteiger charge is -2.31. The summed E-state index contributed by atoms with van der Waals surface area (Å²) in [6.07, 6.45) is 4.31. The molecule has 2 rings (SSSR count). The fraction of sp³-hybridized carbons (Fsp3) is 0.556. The Kier molecular flexibility index (Phi) is 5.45. The Morgan fingerprint density at radius 3 is 2.09 bits per heavy atom. The van der Waals surface area contributed by atoms with Crippen LogP contribution in [0.15, 0.2) is 24.3 Å². The van der Waals surface area contributed by atoms with Gasteiger partial charge in [0, 0.05) is 0 Å². The largest absolute Gasteiger partial charge is 0.373 e. The second kappa shape index (κ2) is 6.96. The third-order valence-corrected chi connectivity index (χ3v) is 6.51. The van der Waals surface area contributed by atoms with Crippen LogP contribution in [0.2, 0.25) is 19.6 Å². The molecule has 4 heteroatoms. The minimum atomic E-state index is -1.34. The first-order valence-electron chi connectivity index (χ1n) is 8.15. The maximum absolute atomic E-state index is 12.1. The summed E-state index contributed by atoms with van der Waals surface area (Å²) in [4.78, 5) is 22.6. The summed E-state index contributed by atoms with van der Waals surface area (Å²) < 4.78 is 0. The summed E-state index contributed by atoms with van der Waals surface area (Å²) in [5.41, 5.74) is 0.540. The summed E-state index contributed by atoms with van der Waals surface area (Å²) in [5.74, 6) is 0.288. The second-order valence-electron chi connectivity index (χ2n) is 7.42. The summed E-state index contributed by atoms with van der Waals surface area (Å²) >= 11 is 0. The highest BCUT2D eigenvalue weighted by Gasteiger charge is 2.32. The van der Waals surface area contributed by atoms with E-state index in [0.717, 1.165) is 18.9 Å². The van der Waals surface area contributed by atoms with E-state index < -0.39 is 14.0 Å². The number of carbonyl (C=O) groups is 1. The van der Waals surface area contributed by atoms with E-state index in [2.05, 4.69) is 33.5 Å². The zero-order valence-electron chi connectivity index (χ0n) is 14.3. The summed E-state index contributed by atoms with van der Waals surface area (Å²) in [5, 5.41) is 1.33. The lowest BCUT2D eigenvalue weighted by molar-refractivity contribution is -0.253. The Bertz CT molecular complexity index is 494. The van der Waals surface area contributed by atoms with Crippen LogP contribution < -0.4 is 5.19 Å². The van der Waals surface area contributed by atoms with Gasteiger partial charge in [-0.15, -0.1) is 0 Å². The monoisotopic (exact) mass is 319 g/mol. The van der Waals surface area contributed by atoms with Crippen molar-refractivity contribution >= 4 is 19.2 Å². The van der Waals surface area contributed by atoms with E-state index in [1.165, 1.54) is 11.6 Å². The molecule has 0 aromatic heterocycles. The number of rotatable bonds is 4. The molecule has 1 saturated carbocycles. The molecule has 2 unspecified atom stereocenters. The van der Waals surface area contributed by atoms with Gasteiger partial charge < -0.3 is 0 Å². The van der Waals surface area contributed by atoms with E-state index in [1.54, 1.807) is 0 Å². The van der Waals surface area contributed by atoms with E-state index >= 15 is 0 Å². The van der Waals surface area contributed by atoms with Crippen molar-refractivity contribution in [3.05, 3.63) is 35.9 Å². The molecule has 1 radical (unpaired) electrons. The van der Waals surface area contributed by atoms with Crippen molar-refractivity contribution in [1.29, 1.82) is 0 Å². The molecule has 22 heavy (non-hydrogen) atoms. The van der Waals surface area contributed by atoms with Gasteiger partial charge in [0.05, 0.1) is 13.6 Å². The van der Waals surface area contributed by atoms with E-state index in [4.69, 9.17) is 9.78 Å². The predicted molar refractivity (Wildman–Crippen MR) is 91.3 cm³/mol. The van der Waals surface area contributed by atoms with Crippen LogP contribution in [0.3, 0.4) is 0 Å². The molecule has 1 aromatic rings. The Labute approximate surface area is 135 Å². The van der Waals surface area contributed by atoms with Gasteiger partial charge in [-0.05, 0) is 36.8 Å². The van der Waals surface area contributed by atoms with Crippen molar-refractivity contribution in [3.8, 4) is 0 Å². The number of hydrogen-bond acceptors (Lipinski definition) is 3. The van der Waals surface area contributed by atoms with Crippen molar-refractivity contribution in [2.24, 2.45) is 11.8 Å². The van der Waals surface area contributed by atoms with Gasteiger partial charge >= 0.3 is 5.97 Å². The highest BCUT2D eigenvalue weighted by Crippen LogP contribution is 2.37. The van der Waals surface area contributed by atoms with Crippen LogP contribution in [-0.2, 0) is 9.78 Å². The Morgan fingerprint density at radius 2 is 1.59 bits per heavy atom. The molecule has 0 spiro atoms. The lowest BCUT2D eigenvalue weighted by atomic mass is 9.81. The average molecular weight is 319 g/mol. The van der Waals surface area contributed by atoms with Crippen molar-refractivity contribution in [1.82, 2.24) is 0 Å². The van der Waals surface area contributed by atoms with Gasteiger partial charge in [0.1, 0.15) is 0 Å². The lowest BCUT2D eigenvalue weighted by Crippen LogP contribution is -2.37. The van der Waals surface area contributed by atoms with Gasteiger partial charge in [0.25, 0.3) is 0 Å². The highest BCUT2D eigenvalue weighted by molar-refractivity contribution is 6.88. The van der Waals surface area contributed by atoms with Crippen LogP contribution in [0.5, 0.6) is 0 Å². The molecule has 0 bridgehead atoms. The molecule has 1 fully saturated rings. The number of carbonyl (C=O) groups excluding carboxylic acids is 1. The topological polar surface area (TPSA) is 35.5 Å². The fourth-order valence-electron chi connectivity index (χ4n) is 2.91. The Balaban J connectivity index is 1.94. The molecule has 0 N–H and O–H groups in total. The third-order valence-electron chi connectivity index (χ3n) is 4.45. The molecule has 0 saturated heterocycles. The van der Waals surface area contributed by atoms with Crippen molar-refractivity contribution in [2.45, 2.75) is 52.8 Å². The smallest absolute Gasteiger partial charge is 0.292 e. The third kappa shape index (κ3) is 4.20. The maximum Gasteiger partial charge on any atom is 0.373 e. The van der Waals surface area contributed by atoms with Crippen molar-refractivity contribution in [3.63, 3.8) is 0 Å². The van der Waals surface area contributed by atoms with Crippen LogP contribution in [0, 0.1) is 17.9 Å². The van der Waals surface area contributed by atoms with Gasteiger partial charge in [0.15, 0.2) is 6.10 Å². The molecule has 1 aliphatic carbocycles. The molecule has 1 aromatic carbocycles. The molecule has 0 heterocycles. The first-order valence-corrected chi connectivity index (χ1v) is 11.6. The van der Waals surface area contributed by atoms with Crippen LogP contribution in [0.25, 0.3) is 0 Å². The van der Waals surface area contributed by atoms with Gasteiger partial charge in [-0.1, -0.05) is 57.2 Å². The summed E-state index contributed by atoms with van der Waals surface area (Å²) in [6.45, 7) is 11.1. The quantitative estimate of drug-likeness (QED) is 0.471. The van der Waals surface area contributed by atoms with E-state index in [-0.39, 0.29) is 0 Å². The molecule has 121 valence electrons. The highest BCUT2D eigenvalue weighted by atomic mass is 28.3. The predicted octanol–water partition coefficient (Wildman–Crippen LogP) is 4.31. The summed E-state index contributed by atoms with van der Waals surface area (Å²) in [6, 6.07) is 7.72. The average Bonchev–Trinajstić information content (AvgIpc) is 2.46. The van der Waals surface area contributed by atoms with E-state index in [1.807, 2.05) is 24.3 Å². The van der Waals surface area contributed by atoms with Gasteiger partial charge in [-0.2, -0.15) is 4.89 Å². The molecular weight excluding hydrogens is 292 g/mol. The molecule has 2 atom stereocenters. The van der Waals surface area contributed by atoms with Crippen LogP contribution >= 0.6 is 0 Å². The van der Waals surface area contributed by atoms with Crippen molar-refractivity contribution in [2.75, 3.05) is 0 Å². The molecular formula is C18H27O3Si. The Morgan fingerprint density at radius 1 is 1.05 bits per heavy atom. The maximum atomic E-state index is 12.1. The zero-order chi connectivity index (χ0) is 16.3. The zero-order valence-corrected chi connectivity index (χ0v) is 15.3. The van der Waals surface area contributed by atoms with E-state index in [9.17, 15) is 4.79 Å². The normalized spacial score (nSPS) is 23.3. The van der Waals surface area contributed by atoms with Crippen LogP contribution in [0.1, 0.15) is 43.5 Å². The Hall–Kier alpha value is -1.13. The SMILES string of the molecule is CC1CCCC(C)[C]1OOC(=O)c1ccc([Si](C)(C)C)cc1. The minimum Gasteiger partial charge on any atom is -0.292 e. The minimum absolute atomic E-state index is 0.353. The fourth-order valence-corrected chi connectivity index (χ4v) is 4.07. The standard InChI is InChI=1S/C18H27O3Si/c1-13-7-6-8-14(2)17(13)20-21-18(19)15-9-11-16(12-10-15)22(3,4)5/h9-14H,6-8H2,1-5H3. The molecule has 0 amide bonds. The van der Waals surface area contributed by atoms with Crippen LogP contribution in [0.4, 0.5) is 0 Å². The first kappa shape index (κ1) is 17.2. The molecule has 1 aliphatic rings. The number of benzene rings is 1. The first-order chi connectivity index (χ1) is 10.3. The molecule has 3 nitrogen and oxygen atoms in total. The van der Waals surface area contributed by atoms with Gasteiger partial charge in [-0.25, -0.2) is 4.79 Å². The van der Waals surface area contributed by atoms with Gasteiger partial charge in [-0.3, -0.25) is 4.89 Å².